The second-order valence-corrected chi connectivity index (χ2v) is 5.56. The van der Waals surface area contributed by atoms with Gasteiger partial charge in [0.2, 0.25) is 0 Å². The molecule has 0 spiro atoms. The first-order valence-corrected chi connectivity index (χ1v) is 7.75. The Morgan fingerprint density at radius 1 is 0.500 bits per heavy atom. The Bertz CT molecular complexity index is 928. The van der Waals surface area contributed by atoms with Crippen LogP contribution in [0.4, 0.5) is 45.5 Å². The van der Waals surface area contributed by atoms with E-state index in [4.69, 9.17) is 22.9 Å². The average Bonchev–Trinajstić information content (AvgIpc) is 2.61. The third kappa shape index (κ3) is 5.83. The van der Waals surface area contributed by atoms with E-state index in [0.717, 1.165) is 0 Å². The van der Waals surface area contributed by atoms with E-state index in [9.17, 15) is 0 Å². The van der Waals surface area contributed by atoms with Crippen LogP contribution in [0.3, 0.4) is 0 Å². The zero-order valence-electron chi connectivity index (χ0n) is 14.7. The van der Waals surface area contributed by atoms with E-state index in [1.54, 1.807) is 60.7 Å². The molecule has 0 amide bonds. The lowest BCUT2D eigenvalue weighted by molar-refractivity contribution is 1.21. The Kier molecular flexibility index (Phi) is 8.18. The van der Waals surface area contributed by atoms with E-state index in [1.165, 1.54) is 0 Å². The second kappa shape index (κ2) is 10.1. The Morgan fingerprint density at radius 3 is 1.32 bits per heavy atom. The molecule has 0 fully saturated rings. The molecule has 3 aromatic rings. The molecule has 0 radical (unpaired) electrons. The fraction of sp³-hybridized carbons (Fsp3) is 0. The van der Waals surface area contributed by atoms with E-state index >= 15 is 0 Å². The molecule has 28 heavy (non-hydrogen) atoms. The fourth-order valence-corrected chi connectivity index (χ4v) is 2.17. The van der Waals surface area contributed by atoms with Crippen molar-refractivity contribution in [2.24, 2.45) is 20.5 Å². The zero-order valence-corrected chi connectivity index (χ0v) is 16.3. The van der Waals surface area contributed by atoms with Crippen LogP contribution in [0.1, 0.15) is 0 Å². The third-order valence-corrected chi connectivity index (χ3v) is 3.48. The summed E-state index contributed by atoms with van der Waals surface area (Å²) >= 11 is 0. The monoisotopic (exact) mass is 418 g/mol. The van der Waals surface area contributed by atoms with Crippen LogP contribution in [-0.4, -0.2) is 0 Å². The van der Waals surface area contributed by atoms with Gasteiger partial charge in [0.05, 0.1) is 22.7 Å². The predicted molar refractivity (Wildman–Crippen MR) is 120 cm³/mol. The molecule has 0 heterocycles. The maximum atomic E-state index is 5.86. The van der Waals surface area contributed by atoms with Crippen molar-refractivity contribution < 1.29 is 0 Å². The highest BCUT2D eigenvalue weighted by Crippen LogP contribution is 2.29. The lowest BCUT2D eigenvalue weighted by atomic mass is 10.2. The standard InChI is InChI=1S/C18H18N8.2ClH/c19-11-4-6-17(15(21)8-11)25-23-13-2-1-3-14(10-13)24-26-18-7-5-12(20)9-16(18)22;;/h1-10H,19-22H2;2*1H. The fourth-order valence-electron chi connectivity index (χ4n) is 2.17. The first kappa shape index (κ1) is 22.7. The number of nitrogens with two attached hydrogens (primary N) is 4. The highest BCUT2D eigenvalue weighted by Gasteiger charge is 2.00. The number of hydrogen-bond donors (Lipinski definition) is 4. The molecule has 3 aromatic carbocycles. The molecule has 0 aliphatic rings. The van der Waals surface area contributed by atoms with Crippen molar-refractivity contribution in [3.63, 3.8) is 0 Å². The van der Waals surface area contributed by atoms with Crippen molar-refractivity contribution in [1.82, 2.24) is 0 Å². The number of hydrogen-bond acceptors (Lipinski definition) is 8. The lowest BCUT2D eigenvalue weighted by Gasteiger charge is -2.01. The van der Waals surface area contributed by atoms with Gasteiger partial charge in [-0.1, -0.05) is 6.07 Å². The van der Waals surface area contributed by atoms with Crippen LogP contribution < -0.4 is 22.9 Å². The number of halogens is 2. The van der Waals surface area contributed by atoms with Gasteiger partial charge < -0.3 is 22.9 Å². The summed E-state index contributed by atoms with van der Waals surface area (Å²) in [7, 11) is 0. The van der Waals surface area contributed by atoms with Gasteiger partial charge in [0.15, 0.2) is 0 Å². The van der Waals surface area contributed by atoms with Crippen LogP contribution >= 0.6 is 24.8 Å². The highest BCUT2D eigenvalue weighted by atomic mass is 35.5. The Balaban J connectivity index is 0.00000196. The van der Waals surface area contributed by atoms with Gasteiger partial charge in [0, 0.05) is 11.4 Å². The molecule has 0 aliphatic heterocycles. The van der Waals surface area contributed by atoms with Crippen molar-refractivity contribution in [1.29, 1.82) is 0 Å². The van der Waals surface area contributed by atoms with Crippen molar-refractivity contribution in [2.45, 2.75) is 0 Å². The van der Waals surface area contributed by atoms with Crippen molar-refractivity contribution in [2.75, 3.05) is 22.9 Å². The highest BCUT2D eigenvalue weighted by molar-refractivity contribution is 5.85. The molecule has 0 saturated heterocycles. The summed E-state index contributed by atoms with van der Waals surface area (Å²) in [5.74, 6) is 0. The van der Waals surface area contributed by atoms with E-state index < -0.39 is 0 Å². The van der Waals surface area contributed by atoms with Crippen LogP contribution in [0.2, 0.25) is 0 Å². The van der Waals surface area contributed by atoms with E-state index in [2.05, 4.69) is 20.5 Å². The van der Waals surface area contributed by atoms with Crippen molar-refractivity contribution in [3.8, 4) is 0 Å². The van der Waals surface area contributed by atoms with Crippen LogP contribution in [0.5, 0.6) is 0 Å². The van der Waals surface area contributed by atoms with Crippen LogP contribution in [0, 0.1) is 0 Å². The lowest BCUT2D eigenvalue weighted by Crippen LogP contribution is -1.89. The molecule has 0 bridgehead atoms. The third-order valence-electron chi connectivity index (χ3n) is 3.48. The largest absolute Gasteiger partial charge is 0.399 e. The molecular formula is C18H20Cl2N8. The summed E-state index contributed by atoms with van der Waals surface area (Å²) in [5.41, 5.74) is 27.4. The summed E-state index contributed by atoms with van der Waals surface area (Å²) < 4.78 is 0. The number of rotatable bonds is 4. The molecule has 0 saturated carbocycles. The quantitative estimate of drug-likeness (QED) is 0.317. The minimum Gasteiger partial charge on any atom is -0.399 e. The molecule has 3 rings (SSSR count). The van der Waals surface area contributed by atoms with Gasteiger partial charge in [-0.25, -0.2) is 0 Å². The minimum atomic E-state index is 0. The summed E-state index contributed by atoms with van der Waals surface area (Å²) in [6, 6.07) is 17.3. The zero-order chi connectivity index (χ0) is 18.5. The van der Waals surface area contributed by atoms with E-state index in [-0.39, 0.29) is 24.8 Å². The summed E-state index contributed by atoms with van der Waals surface area (Å²) in [4.78, 5) is 0. The Morgan fingerprint density at radius 2 is 0.929 bits per heavy atom. The summed E-state index contributed by atoms with van der Waals surface area (Å²) in [5, 5.41) is 16.6. The molecule has 10 heteroatoms. The molecule has 8 nitrogen and oxygen atoms in total. The van der Waals surface area contributed by atoms with Gasteiger partial charge >= 0.3 is 0 Å². The smallest absolute Gasteiger partial charge is 0.109 e. The predicted octanol–water partition coefficient (Wildman–Crippen LogP) is 5.69. The van der Waals surface area contributed by atoms with Gasteiger partial charge in [-0.3, -0.25) is 0 Å². The van der Waals surface area contributed by atoms with Crippen molar-refractivity contribution >= 4 is 70.3 Å². The van der Waals surface area contributed by atoms with Gasteiger partial charge in [-0.2, -0.15) is 10.2 Å². The second-order valence-electron chi connectivity index (χ2n) is 5.56. The van der Waals surface area contributed by atoms with Crippen LogP contribution in [0.15, 0.2) is 81.1 Å². The molecule has 0 aromatic heterocycles. The van der Waals surface area contributed by atoms with Gasteiger partial charge in [-0.15, -0.1) is 35.0 Å². The van der Waals surface area contributed by atoms with E-state index in [1.807, 2.05) is 0 Å². The molecular weight excluding hydrogens is 399 g/mol. The Hall–Kier alpha value is -3.36. The van der Waals surface area contributed by atoms with Gasteiger partial charge in [0.1, 0.15) is 11.4 Å². The van der Waals surface area contributed by atoms with Gasteiger partial charge in [0.25, 0.3) is 0 Å². The number of nitrogen functional groups attached to an aromatic ring is 4. The molecule has 146 valence electrons. The van der Waals surface area contributed by atoms with Crippen LogP contribution in [0.25, 0.3) is 0 Å². The summed E-state index contributed by atoms with van der Waals surface area (Å²) in [6.07, 6.45) is 0. The first-order chi connectivity index (χ1) is 12.5. The number of azo groups is 2. The van der Waals surface area contributed by atoms with Crippen molar-refractivity contribution in [3.05, 3.63) is 60.7 Å². The Labute approximate surface area is 174 Å². The molecule has 0 atom stereocenters. The minimum absolute atomic E-state index is 0. The number of nitrogens with zero attached hydrogens (tertiary/aromatic N) is 4. The van der Waals surface area contributed by atoms with Crippen LogP contribution in [-0.2, 0) is 0 Å². The molecule has 8 N–H and O–H groups in total. The molecule has 0 aliphatic carbocycles. The van der Waals surface area contributed by atoms with Gasteiger partial charge in [-0.05, 0) is 54.6 Å². The normalized spacial score (nSPS) is 10.6. The average molecular weight is 419 g/mol. The topological polar surface area (TPSA) is 154 Å². The SMILES string of the molecule is Cl.Cl.Nc1ccc(N=Nc2cccc(N=Nc3ccc(N)cc3N)c2)c(N)c1. The molecule has 0 unspecified atom stereocenters. The van der Waals surface area contributed by atoms with E-state index in [0.29, 0.717) is 45.5 Å². The maximum Gasteiger partial charge on any atom is 0.109 e. The number of benzene rings is 3. The first-order valence-electron chi connectivity index (χ1n) is 7.75. The summed E-state index contributed by atoms with van der Waals surface area (Å²) in [6.45, 7) is 0. The number of anilines is 4. The maximum absolute atomic E-state index is 5.86.